The third-order valence-corrected chi connectivity index (χ3v) is 5.51. The Balaban J connectivity index is 2.17. The molecule has 1 N–H and O–H groups in total. The first-order valence-corrected chi connectivity index (χ1v) is 9.26. The van der Waals surface area contributed by atoms with Gasteiger partial charge in [0.1, 0.15) is 11.6 Å². The van der Waals surface area contributed by atoms with Crippen molar-refractivity contribution in [1.29, 1.82) is 0 Å². The lowest BCUT2D eigenvalue weighted by atomic mass is 9.86. The third kappa shape index (κ3) is 3.38. The normalized spacial score (nSPS) is 30.0. The maximum Gasteiger partial charge on any atom is 0.246 e. The van der Waals surface area contributed by atoms with Gasteiger partial charge in [0.25, 0.3) is 0 Å². The lowest BCUT2D eigenvalue weighted by Gasteiger charge is -2.47. The van der Waals surface area contributed by atoms with Gasteiger partial charge in [0.05, 0.1) is 0 Å². The second kappa shape index (κ2) is 6.59. The molecule has 4 nitrogen and oxygen atoms in total. The Labute approximate surface area is 132 Å². The number of rotatable bonds is 7. The van der Waals surface area contributed by atoms with Gasteiger partial charge in [-0.2, -0.15) is 11.8 Å². The molecule has 5 heteroatoms. The molecule has 0 spiro atoms. The zero-order chi connectivity index (χ0) is 15.6. The van der Waals surface area contributed by atoms with Crippen molar-refractivity contribution in [2.24, 2.45) is 11.8 Å². The second-order valence-corrected chi connectivity index (χ2v) is 8.16. The van der Waals surface area contributed by atoms with Crippen LogP contribution in [0.1, 0.15) is 47.0 Å². The molecule has 0 radical (unpaired) electrons. The van der Waals surface area contributed by atoms with Crippen molar-refractivity contribution in [2.75, 3.05) is 18.1 Å². The van der Waals surface area contributed by atoms with Crippen LogP contribution in [-0.2, 0) is 9.59 Å². The highest BCUT2D eigenvalue weighted by Gasteiger charge is 2.56. The van der Waals surface area contributed by atoms with Crippen molar-refractivity contribution < 1.29 is 9.59 Å². The number of amides is 2. The fraction of sp³-hybridized carbons (Fsp3) is 0.875. The molecule has 120 valence electrons. The monoisotopic (exact) mass is 312 g/mol. The van der Waals surface area contributed by atoms with E-state index >= 15 is 0 Å². The minimum absolute atomic E-state index is 0.0525. The molecule has 21 heavy (non-hydrogen) atoms. The van der Waals surface area contributed by atoms with Crippen molar-refractivity contribution in [1.82, 2.24) is 10.2 Å². The van der Waals surface area contributed by atoms with Crippen molar-refractivity contribution in [2.45, 2.75) is 58.5 Å². The molecule has 2 fully saturated rings. The smallest absolute Gasteiger partial charge is 0.246 e. The van der Waals surface area contributed by atoms with Crippen LogP contribution in [0.3, 0.4) is 0 Å². The van der Waals surface area contributed by atoms with Crippen LogP contribution in [0.25, 0.3) is 0 Å². The summed E-state index contributed by atoms with van der Waals surface area (Å²) in [6.45, 7) is 8.94. The fourth-order valence-electron chi connectivity index (χ4n) is 3.23. The summed E-state index contributed by atoms with van der Waals surface area (Å²) in [5.41, 5.74) is -0.626. The summed E-state index contributed by atoms with van der Waals surface area (Å²) >= 11 is 1.83. The van der Waals surface area contributed by atoms with E-state index in [-0.39, 0.29) is 17.9 Å². The van der Waals surface area contributed by atoms with Gasteiger partial charge in [0.2, 0.25) is 11.8 Å². The molecule has 0 aromatic heterocycles. The van der Waals surface area contributed by atoms with E-state index in [2.05, 4.69) is 26.1 Å². The maximum atomic E-state index is 12.9. The quantitative estimate of drug-likeness (QED) is 0.734. The maximum absolute atomic E-state index is 12.9. The Hall–Kier alpha value is -0.710. The van der Waals surface area contributed by atoms with Gasteiger partial charge in [-0.3, -0.25) is 9.59 Å². The van der Waals surface area contributed by atoms with Crippen molar-refractivity contribution in [3.05, 3.63) is 0 Å². The molecule has 2 unspecified atom stereocenters. The molecule has 1 heterocycles. The van der Waals surface area contributed by atoms with E-state index in [1.54, 1.807) is 0 Å². The highest BCUT2D eigenvalue weighted by molar-refractivity contribution is 7.99. The van der Waals surface area contributed by atoms with E-state index < -0.39 is 5.54 Å². The van der Waals surface area contributed by atoms with Crippen molar-refractivity contribution in [3.8, 4) is 0 Å². The van der Waals surface area contributed by atoms with E-state index in [4.69, 9.17) is 0 Å². The Morgan fingerprint density at radius 1 is 1.38 bits per heavy atom. The van der Waals surface area contributed by atoms with Crippen LogP contribution in [0, 0.1) is 11.8 Å². The molecule has 0 aromatic carbocycles. The van der Waals surface area contributed by atoms with Crippen LogP contribution in [-0.4, -0.2) is 46.3 Å². The fourth-order valence-corrected chi connectivity index (χ4v) is 3.83. The van der Waals surface area contributed by atoms with Crippen LogP contribution in [0.15, 0.2) is 0 Å². The highest BCUT2D eigenvalue weighted by atomic mass is 32.2. The van der Waals surface area contributed by atoms with Crippen LogP contribution >= 0.6 is 11.8 Å². The van der Waals surface area contributed by atoms with Crippen LogP contribution < -0.4 is 5.32 Å². The van der Waals surface area contributed by atoms with Gasteiger partial charge in [0, 0.05) is 12.3 Å². The minimum atomic E-state index is -0.626. The Kier molecular flexibility index (Phi) is 5.23. The summed E-state index contributed by atoms with van der Waals surface area (Å²) in [7, 11) is 0. The molecule has 2 aliphatic rings. The summed E-state index contributed by atoms with van der Waals surface area (Å²) in [5, 5.41) is 2.99. The molecule has 1 aliphatic carbocycles. The number of carbonyl (C=O) groups is 2. The second-order valence-electron chi connectivity index (χ2n) is 6.76. The molecule has 1 saturated carbocycles. The molecule has 2 rings (SSSR count). The standard InChI is InChI=1S/C16H28N2O2S/c1-5-21-9-8-18-14(19)13(10-11(2)3)17-15(20)16(18,4)12-6-7-12/h11-13H,5-10H2,1-4H3,(H,17,20). The van der Waals surface area contributed by atoms with E-state index in [0.29, 0.717) is 18.4 Å². The van der Waals surface area contributed by atoms with E-state index in [1.807, 2.05) is 23.6 Å². The third-order valence-electron chi connectivity index (χ3n) is 4.63. The summed E-state index contributed by atoms with van der Waals surface area (Å²) < 4.78 is 0. The molecule has 2 amide bonds. The number of nitrogens with zero attached hydrogens (tertiary/aromatic N) is 1. The Morgan fingerprint density at radius 2 is 2.05 bits per heavy atom. The molecular weight excluding hydrogens is 284 g/mol. The van der Waals surface area contributed by atoms with Crippen LogP contribution in [0.4, 0.5) is 0 Å². The average molecular weight is 312 g/mol. The van der Waals surface area contributed by atoms with Crippen molar-refractivity contribution >= 4 is 23.6 Å². The first kappa shape index (κ1) is 16.7. The number of carbonyl (C=O) groups excluding carboxylic acids is 2. The first-order valence-electron chi connectivity index (χ1n) is 8.11. The summed E-state index contributed by atoms with van der Waals surface area (Å²) in [6.07, 6.45) is 2.84. The predicted octanol–water partition coefficient (Wildman–Crippen LogP) is 2.28. The number of hydrogen-bond donors (Lipinski definition) is 1. The molecular formula is C16H28N2O2S. The lowest BCUT2D eigenvalue weighted by Crippen LogP contribution is -2.70. The Bertz CT molecular complexity index is 409. The zero-order valence-electron chi connectivity index (χ0n) is 13.6. The van der Waals surface area contributed by atoms with Gasteiger partial charge in [-0.15, -0.1) is 0 Å². The van der Waals surface area contributed by atoms with E-state index in [1.165, 1.54) is 0 Å². The molecule has 1 aliphatic heterocycles. The van der Waals surface area contributed by atoms with Gasteiger partial charge in [-0.05, 0) is 43.8 Å². The lowest BCUT2D eigenvalue weighted by molar-refractivity contribution is -0.158. The summed E-state index contributed by atoms with van der Waals surface area (Å²) in [4.78, 5) is 27.4. The predicted molar refractivity (Wildman–Crippen MR) is 87.2 cm³/mol. The molecule has 0 aromatic rings. The van der Waals surface area contributed by atoms with Gasteiger partial charge in [-0.1, -0.05) is 20.8 Å². The van der Waals surface area contributed by atoms with Gasteiger partial charge < -0.3 is 10.2 Å². The summed E-state index contributed by atoms with van der Waals surface area (Å²) in [6, 6.07) is -0.337. The summed E-state index contributed by atoms with van der Waals surface area (Å²) in [5.74, 6) is 2.87. The van der Waals surface area contributed by atoms with Crippen LogP contribution in [0.2, 0.25) is 0 Å². The number of thioether (sulfide) groups is 1. The van der Waals surface area contributed by atoms with Gasteiger partial charge in [-0.25, -0.2) is 0 Å². The average Bonchev–Trinajstić information content (AvgIpc) is 3.24. The van der Waals surface area contributed by atoms with Gasteiger partial charge in [0.15, 0.2) is 0 Å². The Morgan fingerprint density at radius 3 is 2.57 bits per heavy atom. The van der Waals surface area contributed by atoms with Gasteiger partial charge >= 0.3 is 0 Å². The largest absolute Gasteiger partial charge is 0.342 e. The molecule has 0 bridgehead atoms. The minimum Gasteiger partial charge on any atom is -0.342 e. The van der Waals surface area contributed by atoms with E-state index in [9.17, 15) is 9.59 Å². The van der Waals surface area contributed by atoms with E-state index in [0.717, 1.165) is 30.8 Å². The first-order chi connectivity index (χ1) is 9.91. The molecule has 1 saturated heterocycles. The molecule has 2 atom stereocenters. The SMILES string of the molecule is CCSCCN1C(=O)C(CC(C)C)NC(=O)C1(C)C1CC1. The number of piperazine rings is 1. The van der Waals surface area contributed by atoms with Crippen molar-refractivity contribution in [3.63, 3.8) is 0 Å². The van der Waals surface area contributed by atoms with Crippen LogP contribution in [0.5, 0.6) is 0 Å². The zero-order valence-corrected chi connectivity index (χ0v) is 14.5. The number of hydrogen-bond acceptors (Lipinski definition) is 3. The number of nitrogens with one attached hydrogen (secondary N) is 1. The topological polar surface area (TPSA) is 49.4 Å². The highest BCUT2D eigenvalue weighted by Crippen LogP contribution is 2.45.